The summed E-state index contributed by atoms with van der Waals surface area (Å²) in [6, 6.07) is 6.93. The van der Waals surface area contributed by atoms with Crippen molar-refractivity contribution in [2.45, 2.75) is 6.42 Å². The van der Waals surface area contributed by atoms with Crippen LogP contribution in [-0.4, -0.2) is 10.8 Å². The average Bonchev–Trinajstić information content (AvgIpc) is 2.65. The van der Waals surface area contributed by atoms with Crippen LogP contribution < -0.4 is 5.73 Å². The molecule has 0 atom stereocenters. The average molecular weight is 253 g/mol. The molecule has 0 saturated carbocycles. The van der Waals surface area contributed by atoms with E-state index in [1.54, 1.807) is 18.2 Å². The van der Waals surface area contributed by atoms with Crippen molar-refractivity contribution in [2.24, 2.45) is 0 Å². The third-order valence-corrected chi connectivity index (χ3v) is 3.27. The first-order valence-electron chi connectivity index (χ1n) is 4.64. The lowest BCUT2D eigenvalue weighted by molar-refractivity contribution is 0.0989. The van der Waals surface area contributed by atoms with Crippen molar-refractivity contribution in [1.29, 1.82) is 0 Å². The Morgan fingerprint density at radius 1 is 1.38 bits per heavy atom. The molecule has 3 nitrogen and oxygen atoms in total. The molecule has 0 aliphatic carbocycles. The number of nitrogens with two attached hydrogens (primary N) is 1. The number of thiophene rings is 1. The number of anilines is 1. The lowest BCUT2D eigenvalue weighted by Crippen LogP contribution is -2.05. The second kappa shape index (κ2) is 4.63. The quantitative estimate of drug-likeness (QED) is 0.855. The van der Waals surface area contributed by atoms with Gasteiger partial charge in [0, 0.05) is 11.3 Å². The minimum atomic E-state index is -0.0292. The molecule has 16 heavy (non-hydrogen) atoms. The summed E-state index contributed by atoms with van der Waals surface area (Å²) >= 11 is 7.19. The fourth-order valence-corrected chi connectivity index (χ4v) is 2.35. The van der Waals surface area contributed by atoms with Gasteiger partial charge in [-0.1, -0.05) is 11.6 Å². The summed E-state index contributed by atoms with van der Waals surface area (Å²) in [6.07, 6.45) is 1.81. The van der Waals surface area contributed by atoms with Gasteiger partial charge < -0.3 is 5.73 Å². The number of halogens is 1. The normalized spacial score (nSPS) is 10.3. The zero-order valence-corrected chi connectivity index (χ0v) is 9.89. The number of nitrogens with zero attached hydrogens (tertiary/aromatic N) is 1. The van der Waals surface area contributed by atoms with Crippen molar-refractivity contribution in [3.63, 3.8) is 0 Å². The van der Waals surface area contributed by atoms with Gasteiger partial charge in [0.15, 0.2) is 5.78 Å². The number of hydrogen-bond donors (Lipinski definition) is 1. The Labute approximate surface area is 102 Å². The van der Waals surface area contributed by atoms with Crippen molar-refractivity contribution in [3.8, 4) is 0 Å². The van der Waals surface area contributed by atoms with Gasteiger partial charge in [0.1, 0.15) is 5.69 Å². The van der Waals surface area contributed by atoms with Crippen molar-refractivity contribution in [1.82, 2.24) is 4.98 Å². The number of carbonyl (C=O) groups excluding carboxylic acids is 1. The maximum absolute atomic E-state index is 11.8. The smallest absolute Gasteiger partial charge is 0.186 e. The summed E-state index contributed by atoms with van der Waals surface area (Å²) in [5, 5.41) is 0. The molecule has 2 heterocycles. The van der Waals surface area contributed by atoms with Gasteiger partial charge in [-0.3, -0.25) is 9.78 Å². The lowest BCUT2D eigenvalue weighted by Gasteiger charge is -1.98. The van der Waals surface area contributed by atoms with E-state index in [0.29, 0.717) is 22.1 Å². The van der Waals surface area contributed by atoms with E-state index < -0.39 is 0 Å². The Bertz CT molecular complexity index is 507. The van der Waals surface area contributed by atoms with Crippen LogP contribution in [-0.2, 0) is 6.42 Å². The molecule has 0 radical (unpaired) electrons. The summed E-state index contributed by atoms with van der Waals surface area (Å²) in [6.45, 7) is 0. The van der Waals surface area contributed by atoms with E-state index in [0.717, 1.165) is 4.88 Å². The Kier molecular flexibility index (Phi) is 3.22. The van der Waals surface area contributed by atoms with Gasteiger partial charge in [0.05, 0.1) is 16.2 Å². The number of pyridine rings is 1. The van der Waals surface area contributed by atoms with E-state index in [-0.39, 0.29) is 5.78 Å². The number of hydrogen-bond acceptors (Lipinski definition) is 4. The van der Waals surface area contributed by atoms with E-state index in [9.17, 15) is 4.79 Å². The minimum Gasteiger partial charge on any atom is -0.397 e. The van der Waals surface area contributed by atoms with Crippen LogP contribution in [0.15, 0.2) is 30.5 Å². The molecule has 0 aliphatic rings. The monoisotopic (exact) mass is 252 g/mol. The van der Waals surface area contributed by atoms with Gasteiger partial charge in [-0.15, -0.1) is 11.3 Å². The van der Waals surface area contributed by atoms with Crippen molar-refractivity contribution in [2.75, 3.05) is 5.73 Å². The second-order valence-corrected chi connectivity index (χ2v) is 5.08. The number of aromatic nitrogens is 1. The Balaban J connectivity index is 2.11. The third kappa shape index (κ3) is 2.59. The number of rotatable bonds is 3. The first-order chi connectivity index (χ1) is 7.65. The van der Waals surface area contributed by atoms with Crippen molar-refractivity contribution < 1.29 is 4.79 Å². The SMILES string of the molecule is Nc1ccc(C(=O)Cc2ccc(Cl)s2)nc1. The molecule has 0 fully saturated rings. The molecule has 5 heteroatoms. The molecule has 0 bridgehead atoms. The Morgan fingerprint density at radius 3 is 2.75 bits per heavy atom. The van der Waals surface area contributed by atoms with Crippen molar-refractivity contribution in [3.05, 3.63) is 45.4 Å². The maximum Gasteiger partial charge on any atom is 0.186 e. The highest BCUT2D eigenvalue weighted by molar-refractivity contribution is 7.16. The number of nitrogen functional groups attached to an aromatic ring is 1. The zero-order chi connectivity index (χ0) is 11.5. The Morgan fingerprint density at radius 2 is 2.19 bits per heavy atom. The lowest BCUT2D eigenvalue weighted by atomic mass is 10.2. The highest BCUT2D eigenvalue weighted by Crippen LogP contribution is 2.22. The van der Waals surface area contributed by atoms with Crippen LogP contribution in [0.1, 0.15) is 15.4 Å². The van der Waals surface area contributed by atoms with Gasteiger partial charge in [0.2, 0.25) is 0 Å². The molecule has 82 valence electrons. The topological polar surface area (TPSA) is 56.0 Å². The van der Waals surface area contributed by atoms with E-state index >= 15 is 0 Å². The molecule has 2 N–H and O–H groups in total. The molecule has 2 aromatic rings. The molecule has 0 unspecified atom stereocenters. The fourth-order valence-electron chi connectivity index (χ4n) is 1.27. The largest absolute Gasteiger partial charge is 0.397 e. The van der Waals surface area contributed by atoms with Crippen LogP contribution in [0.25, 0.3) is 0 Å². The Hall–Kier alpha value is -1.39. The molecule has 0 aliphatic heterocycles. The summed E-state index contributed by atoms with van der Waals surface area (Å²) in [7, 11) is 0. The highest BCUT2D eigenvalue weighted by atomic mass is 35.5. The van der Waals surface area contributed by atoms with Gasteiger partial charge in [-0.05, 0) is 24.3 Å². The van der Waals surface area contributed by atoms with Crippen LogP contribution >= 0.6 is 22.9 Å². The zero-order valence-electron chi connectivity index (χ0n) is 8.31. The molecule has 2 rings (SSSR count). The van der Waals surface area contributed by atoms with E-state index in [1.165, 1.54) is 17.5 Å². The van der Waals surface area contributed by atoms with Crippen LogP contribution in [0, 0.1) is 0 Å². The molecule has 0 saturated heterocycles. The van der Waals surface area contributed by atoms with E-state index in [4.69, 9.17) is 17.3 Å². The predicted octanol–water partition coefficient (Wildman–Crippen LogP) is 2.80. The highest BCUT2D eigenvalue weighted by Gasteiger charge is 2.09. The number of carbonyl (C=O) groups is 1. The van der Waals surface area contributed by atoms with Gasteiger partial charge >= 0.3 is 0 Å². The first-order valence-corrected chi connectivity index (χ1v) is 5.83. The minimum absolute atomic E-state index is 0.0292. The van der Waals surface area contributed by atoms with Gasteiger partial charge in [0.25, 0.3) is 0 Å². The molecular weight excluding hydrogens is 244 g/mol. The predicted molar refractivity (Wildman–Crippen MR) is 66.0 cm³/mol. The van der Waals surface area contributed by atoms with Crippen LogP contribution in [0.2, 0.25) is 4.34 Å². The maximum atomic E-state index is 11.8. The van der Waals surface area contributed by atoms with Gasteiger partial charge in [-0.2, -0.15) is 0 Å². The standard InChI is InChI=1S/C11H9ClN2OS/c12-11-4-2-8(16-11)5-10(15)9-3-1-7(13)6-14-9/h1-4,6H,5,13H2. The molecular formula is C11H9ClN2OS. The molecule has 0 spiro atoms. The molecule has 0 aromatic carbocycles. The third-order valence-electron chi connectivity index (χ3n) is 2.04. The number of ketones is 1. The van der Waals surface area contributed by atoms with E-state index in [2.05, 4.69) is 4.98 Å². The van der Waals surface area contributed by atoms with Crippen LogP contribution in [0.5, 0.6) is 0 Å². The van der Waals surface area contributed by atoms with Crippen LogP contribution in [0.3, 0.4) is 0 Å². The summed E-state index contributed by atoms with van der Waals surface area (Å²) < 4.78 is 0.688. The first kappa shape index (κ1) is 11.1. The molecule has 2 aromatic heterocycles. The summed E-state index contributed by atoms with van der Waals surface area (Å²) in [5.74, 6) is -0.0292. The number of Topliss-reactive ketones (excluding diaryl/α,β-unsaturated/α-hetero) is 1. The molecule has 0 amide bonds. The summed E-state index contributed by atoms with van der Waals surface area (Å²) in [4.78, 5) is 16.7. The van der Waals surface area contributed by atoms with E-state index in [1.807, 2.05) is 6.07 Å². The fraction of sp³-hybridized carbons (Fsp3) is 0.0909. The van der Waals surface area contributed by atoms with Crippen LogP contribution in [0.4, 0.5) is 5.69 Å². The summed E-state index contributed by atoms with van der Waals surface area (Å²) in [5.41, 5.74) is 6.47. The van der Waals surface area contributed by atoms with Crippen molar-refractivity contribution >= 4 is 34.4 Å². The van der Waals surface area contributed by atoms with Gasteiger partial charge in [-0.25, -0.2) is 0 Å². The second-order valence-electron chi connectivity index (χ2n) is 3.28.